The lowest BCUT2D eigenvalue weighted by Crippen LogP contribution is -2.58. The van der Waals surface area contributed by atoms with Gasteiger partial charge in [0.15, 0.2) is 11.6 Å². The molecule has 4 aromatic rings. The first-order chi connectivity index (χ1) is 24.5. The molecule has 0 aliphatic carbocycles. The van der Waals surface area contributed by atoms with Crippen LogP contribution in [0.5, 0.6) is 23.0 Å². The molecule has 0 unspecified atom stereocenters. The Bertz CT molecular complexity index is 1740. The largest absolute Gasteiger partial charge is 0.457 e. The molecule has 0 bridgehead atoms. The molecule has 52 heavy (non-hydrogen) atoms. The lowest BCUT2D eigenvalue weighted by atomic mass is 10.0. The fraction of sp³-hybridized carbons (Fsp3) is 0.278. The highest BCUT2D eigenvalue weighted by Crippen LogP contribution is 2.40. The molecule has 276 valence electrons. The number of hydrogen-bond donors (Lipinski definition) is 0. The maximum Gasteiger partial charge on any atom is 0.206 e. The number of piperazine rings is 1. The van der Waals surface area contributed by atoms with Crippen molar-refractivity contribution >= 4 is 128 Å². The predicted molar refractivity (Wildman–Crippen MR) is 215 cm³/mol. The van der Waals surface area contributed by atoms with Crippen LogP contribution in [0.3, 0.4) is 0 Å². The summed E-state index contributed by atoms with van der Waals surface area (Å²) in [6.07, 6.45) is -0.285. The topological polar surface area (TPSA) is 59.1 Å². The van der Waals surface area contributed by atoms with Crippen molar-refractivity contribution in [3.8, 4) is 23.0 Å². The second-order valence-corrected chi connectivity index (χ2v) is 18.3. The van der Waals surface area contributed by atoms with Crippen LogP contribution in [0.25, 0.3) is 0 Å². The summed E-state index contributed by atoms with van der Waals surface area (Å²) in [5.74, 6) is 1.32. The number of halogens is 10. The summed E-state index contributed by atoms with van der Waals surface area (Å²) in [5.41, 5.74) is 0.502. The molecule has 0 N–H and O–H groups in total. The molecule has 0 saturated carbocycles. The Morgan fingerprint density at radius 1 is 0.519 bits per heavy atom. The standard InChI is InChI=1S/C36H28Cl10N2O4/c37-21-1-5-23(6-2-21)51-25-9-11-27(29(39)17-25)31(49)19-33(35(41,42)43)47-13-15-48(16-14-47)34(36(44,45)46)20-32(50)28-12-10-26(18-30(28)40)52-24-7-3-22(38)4-8-24/h1-12,17-18,33-34H,13-16,19-20H2/t33-,34-/m1/s1. The summed E-state index contributed by atoms with van der Waals surface area (Å²) in [6.45, 7) is 1.37. The zero-order valence-corrected chi connectivity index (χ0v) is 34.3. The van der Waals surface area contributed by atoms with E-state index in [0.29, 0.717) is 59.2 Å². The molecule has 0 spiro atoms. The van der Waals surface area contributed by atoms with Gasteiger partial charge in [-0.2, -0.15) is 0 Å². The lowest BCUT2D eigenvalue weighted by molar-refractivity contribution is 0.0577. The van der Waals surface area contributed by atoms with Crippen LogP contribution in [-0.4, -0.2) is 67.2 Å². The minimum absolute atomic E-state index is 0.143. The van der Waals surface area contributed by atoms with Gasteiger partial charge in [-0.15, -0.1) is 0 Å². The predicted octanol–water partition coefficient (Wildman–Crippen LogP) is 12.8. The van der Waals surface area contributed by atoms with Crippen molar-refractivity contribution in [2.24, 2.45) is 0 Å². The Morgan fingerprint density at radius 3 is 1.12 bits per heavy atom. The zero-order valence-electron chi connectivity index (χ0n) is 26.8. The lowest BCUT2D eigenvalue weighted by Gasteiger charge is -2.45. The molecular weight excluding hydrogens is 879 g/mol. The number of Topliss-reactive ketones (excluding diaryl/α,β-unsaturated/α-hetero) is 2. The fourth-order valence-electron chi connectivity index (χ4n) is 5.68. The van der Waals surface area contributed by atoms with Gasteiger partial charge in [0.2, 0.25) is 7.59 Å². The normalized spacial score (nSPS) is 15.6. The van der Waals surface area contributed by atoms with Crippen molar-refractivity contribution in [3.63, 3.8) is 0 Å². The third-order valence-corrected chi connectivity index (χ3v) is 11.0. The number of ketones is 2. The number of rotatable bonds is 12. The Morgan fingerprint density at radius 2 is 0.827 bits per heavy atom. The van der Waals surface area contributed by atoms with Crippen molar-refractivity contribution in [1.82, 2.24) is 9.80 Å². The second kappa shape index (κ2) is 18.1. The molecule has 0 aromatic heterocycles. The van der Waals surface area contributed by atoms with Crippen molar-refractivity contribution in [1.29, 1.82) is 0 Å². The molecule has 1 heterocycles. The fourth-order valence-corrected chi connectivity index (χ4v) is 7.78. The summed E-state index contributed by atoms with van der Waals surface area (Å²) < 4.78 is 7.99. The number of carbonyl (C=O) groups is 2. The van der Waals surface area contributed by atoms with Crippen LogP contribution >= 0.6 is 116 Å². The van der Waals surface area contributed by atoms with E-state index in [1.54, 1.807) is 84.9 Å². The molecular formula is C36H28Cl10N2O4. The van der Waals surface area contributed by atoms with E-state index in [-0.39, 0.29) is 45.6 Å². The summed E-state index contributed by atoms with van der Waals surface area (Å²) in [5, 5.41) is 1.51. The number of alkyl halides is 6. The highest BCUT2D eigenvalue weighted by molar-refractivity contribution is 6.68. The van der Waals surface area contributed by atoms with E-state index in [4.69, 9.17) is 125 Å². The molecule has 1 aliphatic heterocycles. The Kier molecular flexibility index (Phi) is 14.5. The third-order valence-electron chi connectivity index (χ3n) is 8.32. The highest BCUT2D eigenvalue weighted by atomic mass is 35.6. The zero-order chi connectivity index (χ0) is 37.8. The Hall–Kier alpha value is -1.36. The minimum atomic E-state index is -1.83. The maximum absolute atomic E-state index is 13.5. The van der Waals surface area contributed by atoms with E-state index in [0.717, 1.165) is 0 Å². The van der Waals surface area contributed by atoms with Crippen LogP contribution in [0.15, 0.2) is 84.9 Å². The third kappa shape index (κ3) is 11.3. The monoisotopic (exact) mass is 902 g/mol. The van der Waals surface area contributed by atoms with Gasteiger partial charge in [-0.25, -0.2) is 0 Å². The molecule has 1 saturated heterocycles. The van der Waals surface area contributed by atoms with Crippen LogP contribution in [0.2, 0.25) is 20.1 Å². The number of carbonyl (C=O) groups excluding carboxylic acids is 2. The van der Waals surface area contributed by atoms with Crippen molar-refractivity contribution in [2.75, 3.05) is 26.2 Å². The molecule has 16 heteroatoms. The van der Waals surface area contributed by atoms with E-state index < -0.39 is 19.7 Å². The van der Waals surface area contributed by atoms with Gasteiger partial charge in [-0.05, 0) is 72.8 Å². The molecule has 5 rings (SSSR count). The van der Waals surface area contributed by atoms with Gasteiger partial charge in [-0.1, -0.05) is 116 Å². The average Bonchev–Trinajstić information content (AvgIpc) is 3.07. The highest BCUT2D eigenvalue weighted by Gasteiger charge is 2.44. The van der Waals surface area contributed by atoms with Crippen LogP contribution in [0, 0.1) is 0 Å². The maximum atomic E-state index is 13.5. The van der Waals surface area contributed by atoms with Gasteiger partial charge >= 0.3 is 0 Å². The van der Waals surface area contributed by atoms with Crippen molar-refractivity contribution in [2.45, 2.75) is 32.5 Å². The van der Waals surface area contributed by atoms with E-state index in [1.807, 2.05) is 9.80 Å². The van der Waals surface area contributed by atoms with Gasteiger partial charge in [0.1, 0.15) is 23.0 Å². The van der Waals surface area contributed by atoms with Crippen LogP contribution in [-0.2, 0) is 0 Å². The van der Waals surface area contributed by atoms with Gasteiger partial charge in [0.25, 0.3) is 0 Å². The smallest absolute Gasteiger partial charge is 0.206 e. The van der Waals surface area contributed by atoms with Crippen molar-refractivity contribution in [3.05, 3.63) is 116 Å². The summed E-state index contributed by atoms with van der Waals surface area (Å²) in [6, 6.07) is 21.5. The van der Waals surface area contributed by atoms with E-state index in [9.17, 15) is 9.59 Å². The average molecular weight is 907 g/mol. The summed E-state index contributed by atoms with van der Waals surface area (Å²) >= 11 is 63.6. The van der Waals surface area contributed by atoms with Crippen LogP contribution in [0.4, 0.5) is 0 Å². The van der Waals surface area contributed by atoms with Gasteiger partial charge < -0.3 is 9.47 Å². The van der Waals surface area contributed by atoms with Crippen molar-refractivity contribution < 1.29 is 19.1 Å². The molecule has 4 aromatic carbocycles. The van der Waals surface area contributed by atoms with E-state index in [1.165, 1.54) is 0 Å². The first-order valence-electron chi connectivity index (χ1n) is 15.6. The molecule has 1 fully saturated rings. The molecule has 0 radical (unpaired) electrons. The van der Waals surface area contributed by atoms with Gasteiger partial charge in [0.05, 0.1) is 22.1 Å². The minimum Gasteiger partial charge on any atom is -0.457 e. The molecule has 0 amide bonds. The SMILES string of the molecule is O=C(C[C@@H](N1CCN([C@H](CC(=O)c2ccc(Oc3ccc(Cl)cc3)cc2Cl)C(Cl)(Cl)Cl)CC1)C(Cl)(Cl)Cl)c1ccc(Oc2ccc(Cl)cc2)cc1Cl. The number of ether oxygens (including phenoxy) is 2. The number of nitrogens with zero attached hydrogens (tertiary/aromatic N) is 2. The van der Waals surface area contributed by atoms with Crippen LogP contribution < -0.4 is 9.47 Å². The van der Waals surface area contributed by atoms with Gasteiger partial charge in [-0.3, -0.25) is 19.4 Å². The number of hydrogen-bond acceptors (Lipinski definition) is 6. The Labute approximate surface area is 351 Å². The van der Waals surface area contributed by atoms with Gasteiger partial charge in [0, 0.05) is 72.3 Å². The summed E-state index contributed by atoms with van der Waals surface area (Å²) in [4.78, 5) is 30.8. The first-order valence-corrected chi connectivity index (χ1v) is 19.4. The first kappa shape index (κ1) is 41.8. The molecule has 2 atom stereocenters. The second-order valence-electron chi connectivity index (χ2n) is 11.8. The quantitative estimate of drug-likeness (QED) is 0.104. The Balaban J connectivity index is 1.22. The van der Waals surface area contributed by atoms with Crippen LogP contribution in [0.1, 0.15) is 33.6 Å². The van der Waals surface area contributed by atoms with E-state index >= 15 is 0 Å². The summed E-state index contributed by atoms with van der Waals surface area (Å²) in [7, 11) is 0. The number of benzene rings is 4. The van der Waals surface area contributed by atoms with E-state index in [2.05, 4.69) is 0 Å². The molecule has 1 aliphatic rings. The molecule has 6 nitrogen and oxygen atoms in total.